The Morgan fingerprint density at radius 1 is 1.31 bits per heavy atom. The van der Waals surface area contributed by atoms with Crippen molar-refractivity contribution in [2.75, 3.05) is 16.8 Å². The lowest BCUT2D eigenvalue weighted by molar-refractivity contribution is -0.138. The molecule has 1 aliphatic carbocycles. The lowest BCUT2D eigenvalue weighted by Crippen LogP contribution is -2.38. The third kappa shape index (κ3) is 5.70. The van der Waals surface area contributed by atoms with Crippen LogP contribution in [0.1, 0.15) is 39.5 Å². The highest BCUT2D eigenvalue weighted by atomic mass is 32.2. The van der Waals surface area contributed by atoms with E-state index in [-0.39, 0.29) is 11.8 Å². The van der Waals surface area contributed by atoms with Crippen LogP contribution in [0.25, 0.3) is 0 Å². The molecule has 2 N–H and O–H groups in total. The Balaban J connectivity index is 1.72. The van der Waals surface area contributed by atoms with Gasteiger partial charge in [0.25, 0.3) is 0 Å². The standard InChI is InChI=1S/C20H24FN3O3S2/c1-20(2,17(25)26)29-16-11-22-18(28-16)23-19(27)24(12-13-5-3-4-6-13)15-9-7-14(21)8-10-15/h7-11,13H,3-6,12H2,1-2H3,(H,25,26)(H,22,23,27). The molecule has 0 atom stereocenters. The van der Waals surface area contributed by atoms with E-state index in [1.54, 1.807) is 37.1 Å². The van der Waals surface area contributed by atoms with Gasteiger partial charge in [-0.05, 0) is 56.9 Å². The third-order valence-electron chi connectivity index (χ3n) is 4.87. The summed E-state index contributed by atoms with van der Waals surface area (Å²) in [7, 11) is 0. The number of carboxylic acid groups (broad SMARTS) is 1. The summed E-state index contributed by atoms with van der Waals surface area (Å²) in [4.78, 5) is 30.1. The zero-order valence-corrected chi connectivity index (χ0v) is 18.0. The molecule has 9 heteroatoms. The number of rotatable bonds is 7. The molecule has 29 heavy (non-hydrogen) atoms. The van der Waals surface area contributed by atoms with Crippen LogP contribution in [0.3, 0.4) is 0 Å². The largest absolute Gasteiger partial charge is 0.480 e. The van der Waals surface area contributed by atoms with Gasteiger partial charge in [-0.3, -0.25) is 15.0 Å². The monoisotopic (exact) mass is 437 g/mol. The van der Waals surface area contributed by atoms with Crippen molar-refractivity contribution in [2.24, 2.45) is 5.92 Å². The molecule has 0 unspecified atom stereocenters. The van der Waals surface area contributed by atoms with Gasteiger partial charge in [0, 0.05) is 12.2 Å². The number of aromatic nitrogens is 1. The first-order chi connectivity index (χ1) is 13.7. The number of thioether (sulfide) groups is 1. The minimum atomic E-state index is -0.990. The Kier molecular flexibility index (Phi) is 6.79. The molecule has 0 radical (unpaired) electrons. The average molecular weight is 438 g/mol. The van der Waals surface area contributed by atoms with E-state index in [1.807, 2.05) is 0 Å². The number of halogens is 1. The number of aliphatic carboxylic acids is 1. The second-order valence-corrected chi connectivity index (χ2v) is 10.5. The van der Waals surface area contributed by atoms with Crippen LogP contribution in [0.2, 0.25) is 0 Å². The van der Waals surface area contributed by atoms with E-state index in [9.17, 15) is 19.1 Å². The number of urea groups is 1. The van der Waals surface area contributed by atoms with Crippen LogP contribution in [-0.4, -0.2) is 33.4 Å². The quantitative estimate of drug-likeness (QED) is 0.562. The molecule has 1 aliphatic rings. The molecule has 1 aromatic carbocycles. The van der Waals surface area contributed by atoms with Crippen LogP contribution in [0.15, 0.2) is 34.7 Å². The van der Waals surface area contributed by atoms with Gasteiger partial charge in [0.1, 0.15) is 10.6 Å². The van der Waals surface area contributed by atoms with E-state index in [0.29, 0.717) is 27.5 Å². The molecule has 1 saturated carbocycles. The number of thiazole rings is 1. The maximum Gasteiger partial charge on any atom is 0.328 e. The fourth-order valence-corrected chi connectivity index (χ4v) is 5.46. The first-order valence-electron chi connectivity index (χ1n) is 9.47. The summed E-state index contributed by atoms with van der Waals surface area (Å²) in [6, 6.07) is 5.56. The number of amides is 2. The van der Waals surface area contributed by atoms with E-state index < -0.39 is 10.7 Å². The highest BCUT2D eigenvalue weighted by Gasteiger charge is 2.30. The number of carbonyl (C=O) groups is 2. The molecular formula is C20H24FN3O3S2. The maximum atomic E-state index is 13.3. The molecule has 156 valence electrons. The number of carboxylic acids is 1. The highest BCUT2D eigenvalue weighted by Crippen LogP contribution is 2.37. The van der Waals surface area contributed by atoms with Crippen molar-refractivity contribution >= 4 is 45.9 Å². The van der Waals surface area contributed by atoms with Crippen molar-refractivity contribution in [1.29, 1.82) is 0 Å². The SMILES string of the molecule is CC(C)(Sc1cnc(NC(=O)N(CC2CCCC2)c2ccc(F)cc2)s1)C(=O)O. The molecule has 1 aromatic heterocycles. The van der Waals surface area contributed by atoms with E-state index in [2.05, 4.69) is 10.3 Å². The highest BCUT2D eigenvalue weighted by molar-refractivity contribution is 8.03. The molecular weight excluding hydrogens is 413 g/mol. The molecule has 0 bridgehead atoms. The van der Waals surface area contributed by atoms with Crippen LogP contribution < -0.4 is 10.2 Å². The summed E-state index contributed by atoms with van der Waals surface area (Å²) >= 11 is 2.42. The van der Waals surface area contributed by atoms with E-state index in [4.69, 9.17) is 0 Å². The van der Waals surface area contributed by atoms with Gasteiger partial charge in [0.15, 0.2) is 5.13 Å². The minimum Gasteiger partial charge on any atom is -0.480 e. The van der Waals surface area contributed by atoms with Gasteiger partial charge in [-0.2, -0.15) is 0 Å². The van der Waals surface area contributed by atoms with Crippen molar-refractivity contribution in [3.05, 3.63) is 36.3 Å². The lowest BCUT2D eigenvalue weighted by atomic mass is 10.1. The van der Waals surface area contributed by atoms with Gasteiger partial charge >= 0.3 is 12.0 Å². The third-order valence-corrected chi connectivity index (χ3v) is 7.07. The van der Waals surface area contributed by atoms with Gasteiger partial charge in [0.05, 0.1) is 10.4 Å². The van der Waals surface area contributed by atoms with Crippen LogP contribution in [-0.2, 0) is 4.79 Å². The van der Waals surface area contributed by atoms with Gasteiger partial charge in [-0.15, -0.1) is 0 Å². The van der Waals surface area contributed by atoms with Crippen LogP contribution in [0.4, 0.5) is 20.0 Å². The maximum absolute atomic E-state index is 13.3. The van der Waals surface area contributed by atoms with Gasteiger partial charge in [-0.25, -0.2) is 14.2 Å². The molecule has 0 saturated heterocycles. The molecule has 0 aliphatic heterocycles. The number of hydrogen-bond donors (Lipinski definition) is 2. The van der Waals surface area contributed by atoms with Crippen LogP contribution >= 0.6 is 23.1 Å². The molecule has 2 aromatic rings. The second-order valence-electron chi connectivity index (χ2n) is 7.57. The Morgan fingerprint density at radius 2 is 1.97 bits per heavy atom. The summed E-state index contributed by atoms with van der Waals surface area (Å²) in [6.45, 7) is 3.81. The molecule has 6 nitrogen and oxygen atoms in total. The van der Waals surface area contributed by atoms with Gasteiger partial charge < -0.3 is 5.11 Å². The summed E-state index contributed by atoms with van der Waals surface area (Å²) in [5.74, 6) is -0.845. The normalized spacial score (nSPS) is 14.7. The molecule has 2 amide bonds. The summed E-state index contributed by atoms with van der Waals surface area (Å²) in [5, 5.41) is 12.5. The van der Waals surface area contributed by atoms with Crippen LogP contribution in [0, 0.1) is 11.7 Å². The van der Waals surface area contributed by atoms with Crippen molar-refractivity contribution in [3.63, 3.8) is 0 Å². The van der Waals surface area contributed by atoms with E-state index in [1.165, 1.54) is 35.2 Å². The Labute approximate surface area is 177 Å². The Bertz CT molecular complexity index is 864. The Morgan fingerprint density at radius 3 is 2.59 bits per heavy atom. The van der Waals surface area contributed by atoms with Crippen molar-refractivity contribution in [3.8, 4) is 0 Å². The number of nitrogens with one attached hydrogen (secondary N) is 1. The predicted molar refractivity (Wildman–Crippen MR) is 114 cm³/mol. The number of hydrogen-bond acceptors (Lipinski definition) is 5. The predicted octanol–water partition coefficient (Wildman–Crippen LogP) is 5.47. The van der Waals surface area contributed by atoms with Crippen molar-refractivity contribution < 1.29 is 19.1 Å². The Hall–Kier alpha value is -2.13. The second kappa shape index (κ2) is 9.13. The molecule has 0 spiro atoms. The fourth-order valence-electron chi connectivity index (χ4n) is 3.20. The molecule has 1 heterocycles. The lowest BCUT2D eigenvalue weighted by Gasteiger charge is -2.25. The number of anilines is 2. The summed E-state index contributed by atoms with van der Waals surface area (Å²) < 4.78 is 13.0. The number of carbonyl (C=O) groups excluding carboxylic acids is 1. The fraction of sp³-hybridized carbons (Fsp3) is 0.450. The summed E-state index contributed by atoms with van der Waals surface area (Å²) in [5.41, 5.74) is 0.633. The molecule has 3 rings (SSSR count). The smallest absolute Gasteiger partial charge is 0.328 e. The first kappa shape index (κ1) is 21.6. The van der Waals surface area contributed by atoms with Gasteiger partial charge in [0.2, 0.25) is 0 Å². The van der Waals surface area contributed by atoms with Crippen molar-refractivity contribution in [1.82, 2.24) is 4.98 Å². The van der Waals surface area contributed by atoms with E-state index in [0.717, 1.165) is 25.7 Å². The number of nitrogens with zero attached hydrogens (tertiary/aromatic N) is 2. The zero-order chi connectivity index (χ0) is 21.0. The molecule has 1 fully saturated rings. The summed E-state index contributed by atoms with van der Waals surface area (Å²) in [6.07, 6.45) is 6.04. The van der Waals surface area contributed by atoms with Crippen molar-refractivity contribution in [2.45, 2.75) is 48.5 Å². The minimum absolute atomic E-state index is 0.327. The van der Waals surface area contributed by atoms with Gasteiger partial charge in [-0.1, -0.05) is 35.9 Å². The topological polar surface area (TPSA) is 82.5 Å². The number of benzene rings is 1. The van der Waals surface area contributed by atoms with E-state index >= 15 is 0 Å². The first-order valence-corrected chi connectivity index (χ1v) is 11.1. The average Bonchev–Trinajstić information content (AvgIpc) is 3.32. The zero-order valence-electron chi connectivity index (χ0n) is 16.4. The van der Waals surface area contributed by atoms with Crippen LogP contribution in [0.5, 0.6) is 0 Å².